The van der Waals surface area contributed by atoms with Crippen molar-refractivity contribution in [2.75, 3.05) is 4.90 Å². The topological polar surface area (TPSA) is 3.24 Å². The van der Waals surface area contributed by atoms with E-state index in [1.54, 1.807) is 0 Å². The SMILES string of the molecule is CC(C)(C)c1ccc(N2c3ccccc3C3(c4ccccc4-c4ccccc43)c3cc(C(C)(C)C)ccc32)cc1. The summed E-state index contributed by atoms with van der Waals surface area (Å²) in [6.07, 6.45) is 0. The zero-order chi connectivity index (χ0) is 27.9. The Labute approximate surface area is 239 Å². The van der Waals surface area contributed by atoms with Crippen LogP contribution in [0.5, 0.6) is 0 Å². The molecular weight excluding hydrogens is 482 g/mol. The molecule has 0 N–H and O–H groups in total. The van der Waals surface area contributed by atoms with Gasteiger partial charge < -0.3 is 4.90 Å². The highest BCUT2D eigenvalue weighted by atomic mass is 15.2. The van der Waals surface area contributed by atoms with Gasteiger partial charge in [0.15, 0.2) is 0 Å². The van der Waals surface area contributed by atoms with Crippen molar-refractivity contribution < 1.29 is 0 Å². The fourth-order valence-electron chi connectivity index (χ4n) is 6.96. The molecule has 1 heterocycles. The fourth-order valence-corrected chi connectivity index (χ4v) is 6.96. The molecule has 0 radical (unpaired) electrons. The lowest BCUT2D eigenvalue weighted by atomic mass is 9.64. The summed E-state index contributed by atoms with van der Waals surface area (Å²) >= 11 is 0. The third-order valence-electron chi connectivity index (χ3n) is 9.00. The van der Waals surface area contributed by atoms with Crippen molar-refractivity contribution in [1.82, 2.24) is 0 Å². The smallest absolute Gasteiger partial charge is 0.0754 e. The van der Waals surface area contributed by atoms with Gasteiger partial charge in [0.2, 0.25) is 0 Å². The third kappa shape index (κ3) is 3.40. The average Bonchev–Trinajstić information content (AvgIpc) is 3.24. The van der Waals surface area contributed by atoms with Crippen LogP contribution in [0.4, 0.5) is 17.1 Å². The molecule has 5 aromatic rings. The Kier molecular flexibility index (Phi) is 5.26. The van der Waals surface area contributed by atoms with Gasteiger partial charge in [-0.05, 0) is 79.6 Å². The number of hydrogen-bond donors (Lipinski definition) is 0. The molecule has 0 amide bonds. The van der Waals surface area contributed by atoms with Crippen molar-refractivity contribution in [1.29, 1.82) is 0 Å². The first-order chi connectivity index (χ1) is 19.1. The molecule has 2 aliphatic rings. The highest BCUT2D eigenvalue weighted by Gasteiger charge is 2.51. The van der Waals surface area contributed by atoms with Crippen LogP contribution < -0.4 is 4.90 Å². The van der Waals surface area contributed by atoms with Gasteiger partial charge in [0, 0.05) is 5.69 Å². The first-order valence-electron chi connectivity index (χ1n) is 14.5. The van der Waals surface area contributed by atoms with E-state index in [1.807, 2.05) is 0 Å². The molecule has 40 heavy (non-hydrogen) atoms. The van der Waals surface area contributed by atoms with Crippen LogP contribution in [0.1, 0.15) is 74.9 Å². The van der Waals surface area contributed by atoms with Gasteiger partial charge in [0.25, 0.3) is 0 Å². The standard InChI is InChI=1S/C39H37N/c1-37(2,3)26-19-22-28(23-20-26)40-35-18-12-11-17-33(35)39(34-25-27(38(4,5)6)21-24-36(34)40)31-15-9-7-13-29(31)30-14-8-10-16-32(30)39/h7-25H,1-6H3. The first-order valence-corrected chi connectivity index (χ1v) is 14.5. The Balaban J connectivity index is 1.60. The normalized spacial score (nSPS) is 14.9. The molecule has 0 fully saturated rings. The molecule has 0 saturated carbocycles. The number of rotatable bonds is 1. The minimum atomic E-state index is -0.387. The van der Waals surface area contributed by atoms with Gasteiger partial charge in [-0.2, -0.15) is 0 Å². The van der Waals surface area contributed by atoms with Crippen molar-refractivity contribution in [2.24, 2.45) is 0 Å². The Morgan fingerprint density at radius 1 is 0.450 bits per heavy atom. The van der Waals surface area contributed by atoms with Gasteiger partial charge in [0.1, 0.15) is 0 Å². The Hall–Kier alpha value is -4.10. The summed E-state index contributed by atoms with van der Waals surface area (Å²) in [5, 5.41) is 0. The van der Waals surface area contributed by atoms with Crippen LogP contribution in [-0.2, 0) is 16.2 Å². The van der Waals surface area contributed by atoms with E-state index in [0.29, 0.717) is 0 Å². The number of anilines is 3. The quantitative estimate of drug-likeness (QED) is 0.208. The van der Waals surface area contributed by atoms with E-state index >= 15 is 0 Å². The van der Waals surface area contributed by atoms with Crippen LogP contribution in [0.3, 0.4) is 0 Å². The Morgan fingerprint density at radius 3 is 1.50 bits per heavy atom. The van der Waals surface area contributed by atoms with Gasteiger partial charge >= 0.3 is 0 Å². The maximum Gasteiger partial charge on any atom is 0.0754 e. The second-order valence-electron chi connectivity index (χ2n) is 13.5. The zero-order valence-electron chi connectivity index (χ0n) is 24.4. The molecular formula is C39H37N. The largest absolute Gasteiger partial charge is 0.310 e. The van der Waals surface area contributed by atoms with Gasteiger partial charge in [-0.25, -0.2) is 0 Å². The molecule has 0 bridgehead atoms. The van der Waals surface area contributed by atoms with Crippen molar-refractivity contribution in [3.63, 3.8) is 0 Å². The number of para-hydroxylation sites is 1. The lowest BCUT2D eigenvalue weighted by Gasteiger charge is -2.45. The van der Waals surface area contributed by atoms with E-state index in [1.165, 1.54) is 61.6 Å². The van der Waals surface area contributed by atoms with Crippen LogP contribution >= 0.6 is 0 Å². The number of fused-ring (bicyclic) bond motifs is 9. The maximum atomic E-state index is 2.50. The Morgan fingerprint density at radius 2 is 0.925 bits per heavy atom. The first kappa shape index (κ1) is 24.9. The summed E-state index contributed by atoms with van der Waals surface area (Å²) in [5.74, 6) is 0. The molecule has 0 aromatic heterocycles. The molecule has 198 valence electrons. The van der Waals surface area contributed by atoms with E-state index in [9.17, 15) is 0 Å². The predicted octanol–water partition coefficient (Wildman–Crippen LogP) is 10.4. The molecule has 1 heteroatoms. The minimum absolute atomic E-state index is 0.0318. The summed E-state index contributed by atoms with van der Waals surface area (Å²) in [4.78, 5) is 2.48. The summed E-state index contributed by atoms with van der Waals surface area (Å²) in [6, 6.07) is 43.5. The molecule has 0 unspecified atom stereocenters. The molecule has 0 saturated heterocycles. The number of hydrogen-bond acceptors (Lipinski definition) is 1. The van der Waals surface area contributed by atoms with Gasteiger partial charge in [-0.3, -0.25) is 0 Å². The van der Waals surface area contributed by atoms with E-state index in [-0.39, 0.29) is 16.2 Å². The molecule has 0 atom stereocenters. The molecule has 1 aliphatic heterocycles. The summed E-state index contributed by atoms with van der Waals surface area (Å²) in [5.41, 5.74) is 14.3. The van der Waals surface area contributed by atoms with E-state index < -0.39 is 0 Å². The summed E-state index contributed by atoms with van der Waals surface area (Å²) in [7, 11) is 0. The van der Waals surface area contributed by atoms with Crippen molar-refractivity contribution >= 4 is 17.1 Å². The highest BCUT2D eigenvalue weighted by Crippen LogP contribution is 2.63. The fraction of sp³-hybridized carbons (Fsp3) is 0.231. The molecule has 5 aromatic carbocycles. The highest BCUT2D eigenvalue weighted by molar-refractivity contribution is 5.95. The van der Waals surface area contributed by atoms with Gasteiger partial charge in [-0.1, -0.05) is 133 Å². The van der Waals surface area contributed by atoms with Gasteiger partial charge in [0.05, 0.1) is 16.8 Å². The molecule has 7 rings (SSSR count). The molecule has 1 nitrogen and oxygen atoms in total. The second kappa shape index (κ2) is 8.45. The Bertz CT molecular complexity index is 1710. The number of nitrogens with zero attached hydrogens (tertiary/aromatic N) is 1. The number of benzene rings is 5. The summed E-state index contributed by atoms with van der Waals surface area (Å²) in [6.45, 7) is 13.8. The van der Waals surface area contributed by atoms with Gasteiger partial charge in [-0.15, -0.1) is 0 Å². The monoisotopic (exact) mass is 519 g/mol. The molecule has 1 spiro atoms. The van der Waals surface area contributed by atoms with Crippen molar-refractivity contribution in [2.45, 2.75) is 57.8 Å². The maximum absolute atomic E-state index is 2.50. The molecule has 1 aliphatic carbocycles. The van der Waals surface area contributed by atoms with Crippen LogP contribution in [-0.4, -0.2) is 0 Å². The van der Waals surface area contributed by atoms with Crippen molar-refractivity contribution in [3.8, 4) is 11.1 Å². The lowest BCUT2D eigenvalue weighted by Crippen LogP contribution is -2.36. The second-order valence-corrected chi connectivity index (χ2v) is 13.5. The van der Waals surface area contributed by atoms with Crippen LogP contribution in [0.15, 0.2) is 115 Å². The van der Waals surface area contributed by atoms with Crippen molar-refractivity contribution in [3.05, 3.63) is 149 Å². The van der Waals surface area contributed by atoms with E-state index in [2.05, 4.69) is 162 Å². The predicted molar refractivity (Wildman–Crippen MR) is 169 cm³/mol. The average molecular weight is 520 g/mol. The van der Waals surface area contributed by atoms with Crippen LogP contribution in [0.2, 0.25) is 0 Å². The lowest BCUT2D eigenvalue weighted by molar-refractivity contribution is 0.587. The summed E-state index contributed by atoms with van der Waals surface area (Å²) < 4.78 is 0. The third-order valence-corrected chi connectivity index (χ3v) is 9.00. The van der Waals surface area contributed by atoms with E-state index in [4.69, 9.17) is 0 Å². The van der Waals surface area contributed by atoms with Crippen LogP contribution in [0, 0.1) is 0 Å². The van der Waals surface area contributed by atoms with Crippen LogP contribution in [0.25, 0.3) is 11.1 Å². The van der Waals surface area contributed by atoms with E-state index in [0.717, 1.165) is 0 Å². The minimum Gasteiger partial charge on any atom is -0.310 e. The zero-order valence-corrected chi connectivity index (χ0v) is 24.4.